The lowest BCUT2D eigenvalue weighted by atomic mass is 9.85. The molecule has 0 unspecified atom stereocenters. The van der Waals surface area contributed by atoms with E-state index in [0.29, 0.717) is 17.9 Å². The van der Waals surface area contributed by atoms with Crippen LogP contribution in [0.15, 0.2) is 47.5 Å². The highest BCUT2D eigenvalue weighted by molar-refractivity contribution is 6.24. The quantitative estimate of drug-likeness (QED) is 0.321. The van der Waals surface area contributed by atoms with E-state index in [0.717, 1.165) is 17.2 Å². The standard InChI is InChI=1S/C23H21ClF4N2O3/c1-21(2)12-14-7-8-16(33-3)10-17(14)18(30-21)11-19(31)13-5-4-6-15(9-13)29-20(32)22(25,26)23(24,27)28/h4-10H,11-12H2,1-3H3,(H,29,32). The van der Waals surface area contributed by atoms with E-state index in [9.17, 15) is 27.2 Å². The molecule has 0 saturated carbocycles. The number of carbonyl (C=O) groups is 2. The van der Waals surface area contributed by atoms with E-state index in [2.05, 4.69) is 11.6 Å². The van der Waals surface area contributed by atoms with Crippen molar-refractivity contribution in [2.45, 2.75) is 43.5 Å². The Labute approximate surface area is 192 Å². The predicted octanol–water partition coefficient (Wildman–Crippen LogP) is 5.50. The molecule has 3 rings (SSSR count). The number of rotatable bonds is 7. The van der Waals surface area contributed by atoms with Crippen LogP contribution < -0.4 is 10.1 Å². The minimum absolute atomic E-state index is 0.0873. The Bertz CT molecular complexity index is 1130. The van der Waals surface area contributed by atoms with E-state index in [1.165, 1.54) is 25.3 Å². The molecular weight excluding hydrogens is 464 g/mol. The number of ether oxygens (including phenoxy) is 1. The summed E-state index contributed by atoms with van der Waals surface area (Å²) in [6.45, 7) is 3.88. The largest absolute Gasteiger partial charge is 0.497 e. The maximum Gasteiger partial charge on any atom is 0.401 e. The van der Waals surface area contributed by atoms with Crippen molar-refractivity contribution in [3.63, 3.8) is 0 Å². The number of nitrogens with one attached hydrogen (secondary N) is 1. The summed E-state index contributed by atoms with van der Waals surface area (Å²) in [5, 5.41) is -3.39. The van der Waals surface area contributed by atoms with Crippen LogP contribution in [-0.2, 0) is 11.2 Å². The Morgan fingerprint density at radius 3 is 2.48 bits per heavy atom. The molecule has 1 heterocycles. The van der Waals surface area contributed by atoms with Gasteiger partial charge in [0.1, 0.15) is 5.75 Å². The molecule has 0 atom stereocenters. The van der Waals surface area contributed by atoms with Crippen LogP contribution in [0.4, 0.5) is 23.2 Å². The first kappa shape index (κ1) is 24.7. The zero-order chi connectivity index (χ0) is 24.6. The van der Waals surface area contributed by atoms with Gasteiger partial charge in [-0.05, 0) is 61.7 Å². The lowest BCUT2D eigenvalue weighted by Crippen LogP contribution is -2.46. The molecule has 10 heteroatoms. The van der Waals surface area contributed by atoms with Crippen LogP contribution in [0, 0.1) is 0 Å². The lowest BCUT2D eigenvalue weighted by molar-refractivity contribution is -0.175. The Balaban J connectivity index is 1.84. The van der Waals surface area contributed by atoms with E-state index >= 15 is 0 Å². The van der Waals surface area contributed by atoms with Crippen LogP contribution in [0.25, 0.3) is 0 Å². The van der Waals surface area contributed by atoms with E-state index in [4.69, 9.17) is 9.73 Å². The minimum atomic E-state index is -5.14. The first-order chi connectivity index (χ1) is 15.2. The summed E-state index contributed by atoms with van der Waals surface area (Å²) < 4.78 is 57.9. The summed E-state index contributed by atoms with van der Waals surface area (Å²) in [5.74, 6) is -7.22. The highest BCUT2D eigenvalue weighted by Gasteiger charge is 2.61. The smallest absolute Gasteiger partial charge is 0.401 e. The number of Topliss-reactive ketones (excluding diaryl/α,β-unsaturated/α-hetero) is 1. The van der Waals surface area contributed by atoms with Gasteiger partial charge in [-0.3, -0.25) is 14.6 Å². The van der Waals surface area contributed by atoms with Crippen molar-refractivity contribution in [2.24, 2.45) is 4.99 Å². The van der Waals surface area contributed by atoms with Gasteiger partial charge >= 0.3 is 17.2 Å². The first-order valence-corrected chi connectivity index (χ1v) is 10.3. The van der Waals surface area contributed by atoms with Crippen LogP contribution in [0.2, 0.25) is 0 Å². The van der Waals surface area contributed by atoms with E-state index < -0.39 is 28.5 Å². The third kappa shape index (κ3) is 5.35. The van der Waals surface area contributed by atoms with Gasteiger partial charge < -0.3 is 10.1 Å². The van der Waals surface area contributed by atoms with Gasteiger partial charge in [0.05, 0.1) is 24.8 Å². The second kappa shape index (κ2) is 8.78. The number of aliphatic imine (C=N–C) groups is 1. The number of benzene rings is 2. The van der Waals surface area contributed by atoms with Crippen molar-refractivity contribution in [1.29, 1.82) is 0 Å². The molecule has 0 aromatic heterocycles. The zero-order valence-corrected chi connectivity index (χ0v) is 18.8. The second-order valence-corrected chi connectivity index (χ2v) is 8.75. The molecule has 0 saturated heterocycles. The first-order valence-electron chi connectivity index (χ1n) is 9.89. The van der Waals surface area contributed by atoms with Gasteiger partial charge in [0.2, 0.25) is 0 Å². The number of amides is 1. The average Bonchev–Trinajstić information content (AvgIpc) is 2.72. The van der Waals surface area contributed by atoms with Gasteiger partial charge in [0, 0.05) is 16.8 Å². The molecule has 0 spiro atoms. The normalized spacial score (nSPS) is 15.3. The van der Waals surface area contributed by atoms with Crippen LogP contribution >= 0.6 is 11.6 Å². The predicted molar refractivity (Wildman–Crippen MR) is 117 cm³/mol. The van der Waals surface area contributed by atoms with Crippen LogP contribution in [0.3, 0.4) is 0 Å². The summed E-state index contributed by atoms with van der Waals surface area (Å²) in [7, 11) is 1.53. The summed E-state index contributed by atoms with van der Waals surface area (Å²) >= 11 is 4.34. The van der Waals surface area contributed by atoms with Gasteiger partial charge in [-0.15, -0.1) is 0 Å². The zero-order valence-electron chi connectivity index (χ0n) is 18.0. The fraction of sp³-hybridized carbons (Fsp3) is 0.348. The van der Waals surface area contributed by atoms with Gasteiger partial charge in [-0.2, -0.15) is 17.6 Å². The fourth-order valence-corrected chi connectivity index (χ4v) is 3.62. The van der Waals surface area contributed by atoms with E-state index in [1.807, 2.05) is 26.0 Å². The van der Waals surface area contributed by atoms with Crippen molar-refractivity contribution in [2.75, 3.05) is 12.4 Å². The van der Waals surface area contributed by atoms with Crippen molar-refractivity contribution < 1.29 is 31.9 Å². The van der Waals surface area contributed by atoms with Crippen molar-refractivity contribution in [1.82, 2.24) is 0 Å². The molecule has 176 valence electrons. The summed E-state index contributed by atoms with van der Waals surface area (Å²) in [5.41, 5.74) is 1.71. The maximum absolute atomic E-state index is 13.5. The van der Waals surface area contributed by atoms with Crippen molar-refractivity contribution >= 4 is 34.7 Å². The molecule has 0 radical (unpaired) electrons. The second-order valence-electron chi connectivity index (χ2n) is 8.28. The average molecular weight is 485 g/mol. The van der Waals surface area contributed by atoms with Gasteiger partial charge in [0.15, 0.2) is 5.78 Å². The minimum Gasteiger partial charge on any atom is -0.497 e. The molecule has 0 aliphatic carbocycles. The molecule has 2 aromatic carbocycles. The summed E-state index contributed by atoms with van der Waals surface area (Å²) in [4.78, 5) is 29.3. The van der Waals surface area contributed by atoms with Crippen LogP contribution in [-0.4, -0.2) is 41.4 Å². The Morgan fingerprint density at radius 2 is 1.85 bits per heavy atom. The molecule has 2 aromatic rings. The fourth-order valence-electron chi connectivity index (χ4n) is 3.53. The summed E-state index contributed by atoms with van der Waals surface area (Å²) in [6.07, 6.45) is 0.571. The third-order valence-electron chi connectivity index (χ3n) is 5.10. The van der Waals surface area contributed by atoms with Gasteiger partial charge in [-0.25, -0.2) is 0 Å². The molecule has 1 aliphatic heterocycles. The van der Waals surface area contributed by atoms with E-state index in [-0.39, 0.29) is 17.7 Å². The third-order valence-corrected chi connectivity index (χ3v) is 5.34. The number of hydrogen-bond donors (Lipinski definition) is 1. The number of anilines is 1. The highest BCUT2D eigenvalue weighted by Crippen LogP contribution is 2.38. The van der Waals surface area contributed by atoms with Crippen LogP contribution in [0.5, 0.6) is 5.75 Å². The number of methoxy groups -OCH3 is 1. The van der Waals surface area contributed by atoms with E-state index in [1.54, 1.807) is 11.4 Å². The molecule has 0 fully saturated rings. The SMILES string of the molecule is COc1ccc2c(c1)C(CC(=O)c1cccc(NC(=O)C(F)(F)C(F)(F)Cl)c1)=NC(C)(C)C2. The Kier molecular flexibility index (Phi) is 6.57. The van der Waals surface area contributed by atoms with Crippen molar-refractivity contribution in [3.05, 3.63) is 59.2 Å². The monoisotopic (exact) mass is 484 g/mol. The molecule has 1 aliphatic rings. The lowest BCUT2D eigenvalue weighted by Gasteiger charge is -2.29. The molecule has 5 nitrogen and oxygen atoms in total. The number of nitrogens with zero attached hydrogens (tertiary/aromatic N) is 1. The number of halogens is 5. The Hall–Kier alpha value is -2.94. The number of hydrogen-bond acceptors (Lipinski definition) is 4. The molecule has 1 N–H and O–H groups in total. The number of ketones is 1. The number of alkyl halides is 5. The molecule has 1 amide bonds. The summed E-state index contributed by atoms with van der Waals surface area (Å²) in [6, 6.07) is 10.6. The number of carbonyl (C=O) groups excluding carboxylic acids is 2. The Morgan fingerprint density at radius 1 is 1.15 bits per heavy atom. The van der Waals surface area contributed by atoms with Crippen LogP contribution in [0.1, 0.15) is 41.8 Å². The molecular formula is C23H21ClF4N2O3. The number of fused-ring (bicyclic) bond motifs is 1. The van der Waals surface area contributed by atoms with Crippen molar-refractivity contribution in [3.8, 4) is 5.75 Å². The van der Waals surface area contributed by atoms with Gasteiger partial charge in [0.25, 0.3) is 0 Å². The maximum atomic E-state index is 13.5. The molecule has 33 heavy (non-hydrogen) atoms. The van der Waals surface area contributed by atoms with Gasteiger partial charge in [-0.1, -0.05) is 18.2 Å². The topological polar surface area (TPSA) is 67.8 Å². The molecule has 0 bridgehead atoms. The highest BCUT2D eigenvalue weighted by atomic mass is 35.5.